The van der Waals surface area contributed by atoms with Gasteiger partial charge in [-0.1, -0.05) is 25.7 Å². The van der Waals surface area contributed by atoms with E-state index in [1.54, 1.807) is 0 Å². The minimum Gasteiger partial charge on any atom is -0.388 e. The van der Waals surface area contributed by atoms with E-state index in [9.17, 15) is 9.90 Å². The van der Waals surface area contributed by atoms with Gasteiger partial charge >= 0.3 is 0 Å². The fraction of sp³-hybridized carbons (Fsp3) is 0.933. The molecule has 0 aromatic rings. The van der Waals surface area contributed by atoms with Crippen molar-refractivity contribution in [1.29, 1.82) is 0 Å². The fourth-order valence-corrected chi connectivity index (χ4v) is 3.15. The van der Waals surface area contributed by atoms with Crippen LogP contribution in [0.1, 0.15) is 44.9 Å². The molecule has 3 N–H and O–H groups in total. The Balaban J connectivity index is 1.70. The highest BCUT2D eigenvalue weighted by atomic mass is 16.3. The van der Waals surface area contributed by atoms with Gasteiger partial charge in [0, 0.05) is 19.6 Å². The van der Waals surface area contributed by atoms with Gasteiger partial charge in [0.05, 0.1) is 12.1 Å². The lowest BCUT2D eigenvalue weighted by molar-refractivity contribution is -0.123. The second kappa shape index (κ2) is 7.96. The summed E-state index contributed by atoms with van der Waals surface area (Å²) in [5.41, 5.74) is -0.674. The van der Waals surface area contributed by atoms with Gasteiger partial charge in [-0.2, -0.15) is 0 Å². The first-order chi connectivity index (χ1) is 9.68. The molecule has 0 unspecified atom stereocenters. The smallest absolute Gasteiger partial charge is 0.234 e. The van der Waals surface area contributed by atoms with Crippen LogP contribution in [0.2, 0.25) is 0 Å². The average molecular weight is 283 g/mol. The van der Waals surface area contributed by atoms with Crippen molar-refractivity contribution < 1.29 is 9.90 Å². The molecule has 5 heteroatoms. The quantitative estimate of drug-likeness (QED) is 0.657. The molecule has 1 saturated heterocycles. The summed E-state index contributed by atoms with van der Waals surface area (Å²) in [4.78, 5) is 14.2. The molecule has 2 aliphatic rings. The van der Waals surface area contributed by atoms with Crippen molar-refractivity contribution in [2.45, 2.75) is 50.5 Å². The SMILES string of the molecule is O=C(CN1CCCNCC1)NCC1(O)CCCCCC1. The van der Waals surface area contributed by atoms with Gasteiger partial charge < -0.3 is 15.7 Å². The maximum absolute atomic E-state index is 12.0. The number of aliphatic hydroxyl groups is 1. The zero-order valence-electron chi connectivity index (χ0n) is 12.5. The number of nitrogens with one attached hydrogen (secondary N) is 2. The van der Waals surface area contributed by atoms with Crippen LogP contribution in [0, 0.1) is 0 Å². The highest BCUT2D eigenvalue weighted by molar-refractivity contribution is 5.78. The van der Waals surface area contributed by atoms with Crippen LogP contribution >= 0.6 is 0 Å². The molecule has 0 aromatic carbocycles. The van der Waals surface area contributed by atoms with E-state index in [0.29, 0.717) is 13.1 Å². The first-order valence-electron chi connectivity index (χ1n) is 8.10. The fourth-order valence-electron chi connectivity index (χ4n) is 3.15. The Bertz CT molecular complexity index is 293. The number of carbonyl (C=O) groups excluding carboxylic acids is 1. The molecular weight excluding hydrogens is 254 g/mol. The molecular formula is C15H29N3O2. The number of amides is 1. The maximum atomic E-state index is 12.0. The normalized spacial score (nSPS) is 24.6. The topological polar surface area (TPSA) is 64.6 Å². The molecule has 2 rings (SSSR count). The Kier molecular flexibility index (Phi) is 6.26. The monoisotopic (exact) mass is 283 g/mol. The van der Waals surface area contributed by atoms with Crippen LogP contribution in [-0.4, -0.2) is 60.8 Å². The lowest BCUT2D eigenvalue weighted by atomic mass is 9.94. The minimum absolute atomic E-state index is 0.0459. The van der Waals surface area contributed by atoms with E-state index in [0.717, 1.165) is 58.3 Å². The number of rotatable bonds is 4. The molecule has 0 spiro atoms. The molecule has 1 aliphatic heterocycles. The van der Waals surface area contributed by atoms with Crippen molar-refractivity contribution in [2.24, 2.45) is 0 Å². The van der Waals surface area contributed by atoms with Gasteiger partial charge in [-0.15, -0.1) is 0 Å². The predicted octanol–water partition coefficient (Wildman–Crippen LogP) is 0.483. The summed E-state index contributed by atoms with van der Waals surface area (Å²) in [5.74, 6) is 0.0459. The van der Waals surface area contributed by atoms with E-state index in [1.807, 2.05) is 0 Å². The molecule has 2 fully saturated rings. The molecule has 0 radical (unpaired) electrons. The summed E-state index contributed by atoms with van der Waals surface area (Å²) in [6, 6.07) is 0. The van der Waals surface area contributed by atoms with Gasteiger partial charge in [0.2, 0.25) is 5.91 Å². The lowest BCUT2D eigenvalue weighted by Gasteiger charge is -2.27. The highest BCUT2D eigenvalue weighted by Crippen LogP contribution is 2.26. The third-order valence-corrected chi connectivity index (χ3v) is 4.45. The summed E-state index contributed by atoms with van der Waals surface area (Å²) in [7, 11) is 0. The number of hydrogen-bond donors (Lipinski definition) is 3. The van der Waals surface area contributed by atoms with Crippen molar-refractivity contribution in [3.05, 3.63) is 0 Å². The van der Waals surface area contributed by atoms with Gasteiger partial charge in [0.1, 0.15) is 0 Å². The van der Waals surface area contributed by atoms with Crippen LogP contribution in [0.4, 0.5) is 0 Å². The lowest BCUT2D eigenvalue weighted by Crippen LogP contribution is -2.46. The van der Waals surface area contributed by atoms with Crippen LogP contribution in [0.3, 0.4) is 0 Å². The maximum Gasteiger partial charge on any atom is 0.234 e. The van der Waals surface area contributed by atoms with Crippen molar-refractivity contribution in [3.8, 4) is 0 Å². The minimum atomic E-state index is -0.674. The van der Waals surface area contributed by atoms with Crippen molar-refractivity contribution in [1.82, 2.24) is 15.5 Å². The van der Waals surface area contributed by atoms with Crippen molar-refractivity contribution >= 4 is 5.91 Å². The first kappa shape index (κ1) is 15.7. The van der Waals surface area contributed by atoms with Gasteiger partial charge in [-0.3, -0.25) is 9.69 Å². The van der Waals surface area contributed by atoms with E-state index < -0.39 is 5.60 Å². The highest BCUT2D eigenvalue weighted by Gasteiger charge is 2.28. The van der Waals surface area contributed by atoms with E-state index in [1.165, 1.54) is 12.8 Å². The Morgan fingerprint density at radius 3 is 2.60 bits per heavy atom. The molecule has 1 aliphatic carbocycles. The zero-order chi connectivity index (χ0) is 14.3. The molecule has 0 atom stereocenters. The Morgan fingerprint density at radius 2 is 1.85 bits per heavy atom. The Hall–Kier alpha value is -0.650. The molecule has 1 heterocycles. The molecule has 5 nitrogen and oxygen atoms in total. The summed E-state index contributed by atoms with van der Waals surface area (Å²) in [6.45, 7) is 4.77. The van der Waals surface area contributed by atoms with E-state index in [4.69, 9.17) is 0 Å². The Labute approximate surface area is 122 Å². The van der Waals surface area contributed by atoms with E-state index in [-0.39, 0.29) is 5.91 Å². The summed E-state index contributed by atoms with van der Waals surface area (Å²) in [6.07, 6.45) is 7.29. The Morgan fingerprint density at radius 1 is 1.10 bits per heavy atom. The predicted molar refractivity (Wildman–Crippen MR) is 79.6 cm³/mol. The first-order valence-corrected chi connectivity index (χ1v) is 8.10. The second-order valence-corrected chi connectivity index (χ2v) is 6.29. The van der Waals surface area contributed by atoms with Gasteiger partial charge in [-0.25, -0.2) is 0 Å². The summed E-state index contributed by atoms with van der Waals surface area (Å²) < 4.78 is 0. The second-order valence-electron chi connectivity index (χ2n) is 6.29. The third kappa shape index (κ3) is 5.38. The number of nitrogens with zero attached hydrogens (tertiary/aromatic N) is 1. The third-order valence-electron chi connectivity index (χ3n) is 4.45. The van der Waals surface area contributed by atoms with Gasteiger partial charge in [-0.05, 0) is 32.4 Å². The molecule has 116 valence electrons. The molecule has 0 aromatic heterocycles. The van der Waals surface area contributed by atoms with E-state index >= 15 is 0 Å². The van der Waals surface area contributed by atoms with Gasteiger partial charge in [0.25, 0.3) is 0 Å². The van der Waals surface area contributed by atoms with Crippen LogP contribution in [0.25, 0.3) is 0 Å². The van der Waals surface area contributed by atoms with Crippen molar-refractivity contribution in [2.75, 3.05) is 39.3 Å². The average Bonchev–Trinajstić information content (AvgIpc) is 2.80. The molecule has 0 bridgehead atoms. The molecule has 1 saturated carbocycles. The van der Waals surface area contributed by atoms with Crippen LogP contribution in [-0.2, 0) is 4.79 Å². The molecule has 1 amide bonds. The number of hydrogen-bond acceptors (Lipinski definition) is 4. The van der Waals surface area contributed by atoms with E-state index in [2.05, 4.69) is 15.5 Å². The van der Waals surface area contributed by atoms with Crippen LogP contribution in [0.15, 0.2) is 0 Å². The summed E-state index contributed by atoms with van der Waals surface area (Å²) >= 11 is 0. The zero-order valence-corrected chi connectivity index (χ0v) is 12.5. The van der Waals surface area contributed by atoms with Crippen LogP contribution in [0.5, 0.6) is 0 Å². The largest absolute Gasteiger partial charge is 0.388 e. The van der Waals surface area contributed by atoms with Crippen LogP contribution < -0.4 is 10.6 Å². The standard InChI is InChI=1S/C15H29N3O2/c19-14(12-18-10-5-8-16-9-11-18)17-13-15(20)6-3-1-2-4-7-15/h16,20H,1-13H2,(H,17,19). The summed E-state index contributed by atoms with van der Waals surface area (Å²) in [5, 5.41) is 16.8. The molecule has 20 heavy (non-hydrogen) atoms. The number of carbonyl (C=O) groups is 1. The van der Waals surface area contributed by atoms with Gasteiger partial charge in [0.15, 0.2) is 0 Å². The van der Waals surface area contributed by atoms with Crippen molar-refractivity contribution in [3.63, 3.8) is 0 Å².